The van der Waals surface area contributed by atoms with Crippen LogP contribution in [0.2, 0.25) is 0 Å². The molecule has 1 aliphatic carbocycles. The van der Waals surface area contributed by atoms with Gasteiger partial charge in [0.15, 0.2) is 0 Å². The number of hydrogen-bond acceptors (Lipinski definition) is 2. The van der Waals surface area contributed by atoms with Crippen molar-refractivity contribution >= 4 is 29.9 Å². The largest absolute Gasteiger partial charge is 0.478 e. The Morgan fingerprint density at radius 2 is 1.62 bits per heavy atom. The van der Waals surface area contributed by atoms with Crippen molar-refractivity contribution in [3.05, 3.63) is 69.8 Å². The molecule has 0 aromatic heterocycles. The molecule has 1 unspecified atom stereocenters. The highest BCUT2D eigenvalue weighted by Gasteiger charge is 2.37. The molecule has 2 nitrogen and oxygen atoms in total. The summed E-state index contributed by atoms with van der Waals surface area (Å²) in [6.45, 7) is 14.1. The number of carboxylic acid groups (broad SMARTS) is 1. The van der Waals surface area contributed by atoms with Gasteiger partial charge in [-0.25, -0.2) is 4.79 Å². The average Bonchev–Trinajstić information content (AvgIpc) is 2.75. The number of fused-ring (bicyclic) bond motifs is 1. The third-order valence-corrected chi connectivity index (χ3v) is 8.40. The summed E-state index contributed by atoms with van der Waals surface area (Å²) in [6, 6.07) is 12.0. The summed E-state index contributed by atoms with van der Waals surface area (Å²) in [7, 11) is 0. The van der Waals surface area contributed by atoms with Crippen LogP contribution in [0.4, 0.5) is 0 Å². The lowest BCUT2D eigenvalue weighted by Gasteiger charge is -2.42. The first-order valence-corrected chi connectivity index (χ1v) is 13.0. The van der Waals surface area contributed by atoms with Crippen molar-refractivity contribution in [2.24, 2.45) is 5.92 Å². The van der Waals surface area contributed by atoms with E-state index in [0.717, 1.165) is 17.2 Å². The fraction of sp³-hybridized carbons (Fsp3) is 0.483. The molecule has 0 heterocycles. The Balaban J connectivity index is 1.98. The topological polar surface area (TPSA) is 37.3 Å². The van der Waals surface area contributed by atoms with Gasteiger partial charge in [-0.1, -0.05) is 84.4 Å². The second-order valence-electron chi connectivity index (χ2n) is 10.7. The van der Waals surface area contributed by atoms with Crippen LogP contribution in [0.3, 0.4) is 0 Å². The van der Waals surface area contributed by atoms with Crippen LogP contribution < -0.4 is 0 Å². The second-order valence-corrected chi connectivity index (χ2v) is 11.7. The van der Waals surface area contributed by atoms with Crippen molar-refractivity contribution in [2.45, 2.75) is 77.4 Å². The molecule has 2 aromatic carbocycles. The van der Waals surface area contributed by atoms with Gasteiger partial charge in [0, 0.05) is 5.75 Å². The highest BCUT2D eigenvalue weighted by molar-refractivity contribution is 7.98. The van der Waals surface area contributed by atoms with Gasteiger partial charge in [0.1, 0.15) is 0 Å². The van der Waals surface area contributed by atoms with Crippen LogP contribution in [0.5, 0.6) is 0 Å². The second kappa shape index (κ2) is 9.87. The van der Waals surface area contributed by atoms with E-state index in [2.05, 4.69) is 65.8 Å². The summed E-state index contributed by atoms with van der Waals surface area (Å²) in [5.41, 5.74) is 7.40. The van der Waals surface area contributed by atoms with E-state index >= 15 is 0 Å². The Hall–Kier alpha value is -2.00. The third kappa shape index (κ3) is 5.67. The number of aromatic carboxylic acids is 1. The van der Waals surface area contributed by atoms with Gasteiger partial charge in [-0.2, -0.15) is 11.8 Å². The summed E-state index contributed by atoms with van der Waals surface area (Å²) in [5, 5.41) is 9.14. The van der Waals surface area contributed by atoms with Crippen LogP contribution in [0, 0.1) is 5.92 Å². The molecule has 1 atom stereocenters. The molecule has 172 valence electrons. The van der Waals surface area contributed by atoms with Gasteiger partial charge in [0.2, 0.25) is 0 Å². The lowest BCUT2D eigenvalue weighted by Crippen LogP contribution is -2.34. The van der Waals surface area contributed by atoms with E-state index in [1.165, 1.54) is 47.3 Å². The van der Waals surface area contributed by atoms with Gasteiger partial charge < -0.3 is 5.11 Å². The molecule has 0 saturated carbocycles. The van der Waals surface area contributed by atoms with Gasteiger partial charge in [-0.15, -0.1) is 0 Å². The molecule has 3 rings (SSSR count). The molecule has 0 spiro atoms. The number of carboxylic acids is 1. The Kier molecular flexibility index (Phi) is 7.60. The van der Waals surface area contributed by atoms with E-state index in [4.69, 9.17) is 5.11 Å². The summed E-state index contributed by atoms with van der Waals surface area (Å²) >= 11 is 2.03. The Morgan fingerprint density at radius 3 is 2.19 bits per heavy atom. The minimum absolute atomic E-state index is 0.180. The molecule has 32 heavy (non-hydrogen) atoms. The molecule has 1 N–H and O–H groups in total. The first-order chi connectivity index (χ1) is 15.0. The van der Waals surface area contributed by atoms with Crippen LogP contribution >= 0.6 is 11.8 Å². The van der Waals surface area contributed by atoms with Crippen molar-refractivity contribution < 1.29 is 9.90 Å². The number of thioether (sulfide) groups is 1. The minimum Gasteiger partial charge on any atom is -0.478 e. The van der Waals surface area contributed by atoms with Gasteiger partial charge in [0.25, 0.3) is 0 Å². The van der Waals surface area contributed by atoms with Crippen molar-refractivity contribution in [3.63, 3.8) is 0 Å². The SMILES string of the molecule is CCC(C)CSCc1cc2c(cc1C=Cc1ccc(C(=O)O)cc1)C(C)(C)CCC2(C)C. The lowest BCUT2D eigenvalue weighted by molar-refractivity contribution is 0.0697. The maximum absolute atomic E-state index is 11.1. The number of hydrogen-bond donors (Lipinski definition) is 1. The third-order valence-electron chi connectivity index (χ3n) is 7.08. The standard InChI is InChI=1S/C29H38O2S/c1-7-20(2)18-32-19-24-17-26-25(28(3,4)14-15-29(26,5)6)16-23(24)13-10-21-8-11-22(12-9-21)27(30)31/h8-13,16-17,20H,7,14-15,18-19H2,1-6H3,(H,30,31). The highest BCUT2D eigenvalue weighted by atomic mass is 32.2. The number of carbonyl (C=O) groups is 1. The molecule has 1 aliphatic rings. The molecular weight excluding hydrogens is 412 g/mol. The van der Waals surface area contributed by atoms with E-state index in [9.17, 15) is 4.79 Å². The predicted octanol–water partition coefficient (Wildman–Crippen LogP) is 8.18. The molecule has 3 heteroatoms. The Bertz CT molecular complexity index is 983. The van der Waals surface area contributed by atoms with Gasteiger partial charge >= 0.3 is 5.97 Å². The van der Waals surface area contributed by atoms with E-state index in [-0.39, 0.29) is 10.8 Å². The summed E-state index contributed by atoms with van der Waals surface area (Å²) in [6.07, 6.45) is 7.97. The minimum atomic E-state index is -0.888. The van der Waals surface area contributed by atoms with Gasteiger partial charge in [-0.05, 0) is 75.3 Å². The molecule has 2 aromatic rings. The van der Waals surface area contributed by atoms with Crippen LogP contribution in [-0.2, 0) is 16.6 Å². The quantitative estimate of drug-likeness (QED) is 0.412. The Labute approximate surface area is 198 Å². The van der Waals surface area contributed by atoms with Gasteiger partial charge in [0.05, 0.1) is 5.56 Å². The summed E-state index contributed by atoms with van der Waals surface area (Å²) in [4.78, 5) is 11.1. The average molecular weight is 451 g/mol. The number of rotatable bonds is 8. The van der Waals surface area contributed by atoms with Crippen molar-refractivity contribution in [3.8, 4) is 0 Å². The highest BCUT2D eigenvalue weighted by Crippen LogP contribution is 2.47. The Morgan fingerprint density at radius 1 is 1.03 bits per heavy atom. The zero-order valence-electron chi connectivity index (χ0n) is 20.5. The van der Waals surface area contributed by atoms with Gasteiger partial charge in [-0.3, -0.25) is 0 Å². The van der Waals surface area contributed by atoms with Crippen LogP contribution in [-0.4, -0.2) is 16.8 Å². The normalized spacial score (nSPS) is 17.8. The molecule has 0 radical (unpaired) electrons. The molecule has 0 bridgehead atoms. The van der Waals surface area contributed by atoms with Crippen molar-refractivity contribution in [2.75, 3.05) is 5.75 Å². The predicted molar refractivity (Wildman–Crippen MR) is 140 cm³/mol. The molecular formula is C29H38O2S. The smallest absolute Gasteiger partial charge is 0.335 e. The molecule has 0 fully saturated rings. The fourth-order valence-electron chi connectivity index (χ4n) is 4.37. The fourth-order valence-corrected chi connectivity index (χ4v) is 5.59. The van der Waals surface area contributed by atoms with Crippen molar-refractivity contribution in [1.29, 1.82) is 0 Å². The monoisotopic (exact) mass is 450 g/mol. The molecule has 0 aliphatic heterocycles. The lowest BCUT2D eigenvalue weighted by atomic mass is 9.62. The zero-order chi connectivity index (χ0) is 23.5. The zero-order valence-corrected chi connectivity index (χ0v) is 21.3. The van der Waals surface area contributed by atoms with E-state index in [0.29, 0.717) is 5.56 Å². The summed E-state index contributed by atoms with van der Waals surface area (Å²) in [5.74, 6) is 2.05. The maximum Gasteiger partial charge on any atom is 0.335 e. The van der Waals surface area contributed by atoms with Crippen LogP contribution in [0.15, 0.2) is 36.4 Å². The molecule has 0 saturated heterocycles. The van der Waals surface area contributed by atoms with E-state index in [1.807, 2.05) is 23.9 Å². The first kappa shape index (κ1) is 24.6. The molecule has 0 amide bonds. The van der Waals surface area contributed by atoms with E-state index < -0.39 is 5.97 Å². The van der Waals surface area contributed by atoms with E-state index in [1.54, 1.807) is 12.1 Å². The van der Waals surface area contributed by atoms with Crippen molar-refractivity contribution in [1.82, 2.24) is 0 Å². The maximum atomic E-state index is 11.1. The number of benzene rings is 2. The summed E-state index contributed by atoms with van der Waals surface area (Å²) < 4.78 is 0. The first-order valence-electron chi connectivity index (χ1n) is 11.8. The van der Waals surface area contributed by atoms with Crippen LogP contribution in [0.1, 0.15) is 99.0 Å². The van der Waals surface area contributed by atoms with Crippen LogP contribution in [0.25, 0.3) is 12.2 Å².